The van der Waals surface area contributed by atoms with E-state index < -0.39 is 0 Å². The lowest BCUT2D eigenvalue weighted by Gasteiger charge is -2.16. The van der Waals surface area contributed by atoms with Crippen LogP contribution in [0.1, 0.15) is 24.5 Å². The Kier molecular flexibility index (Phi) is 3.52. The van der Waals surface area contributed by atoms with Crippen LogP contribution in [-0.4, -0.2) is 17.0 Å². The van der Waals surface area contributed by atoms with Gasteiger partial charge in [0.25, 0.3) is 0 Å². The number of thioether (sulfide) groups is 1. The van der Waals surface area contributed by atoms with Crippen molar-refractivity contribution in [2.24, 2.45) is 0 Å². The van der Waals surface area contributed by atoms with Crippen molar-refractivity contribution in [2.45, 2.75) is 38.1 Å². The molecule has 2 atom stereocenters. The van der Waals surface area contributed by atoms with Crippen molar-refractivity contribution in [3.8, 4) is 0 Å². The molecule has 3 heteroatoms. The summed E-state index contributed by atoms with van der Waals surface area (Å²) in [5.41, 5.74) is 2.90. The minimum atomic E-state index is 0.722. The third-order valence-corrected chi connectivity index (χ3v) is 5.13. The van der Waals surface area contributed by atoms with Crippen molar-refractivity contribution in [1.29, 1.82) is 0 Å². The topological polar surface area (TPSA) is 12.0 Å². The second-order valence-corrected chi connectivity index (χ2v) is 6.16. The lowest BCUT2D eigenvalue weighted by atomic mass is 10.1. The molecule has 14 heavy (non-hydrogen) atoms. The summed E-state index contributed by atoms with van der Waals surface area (Å²) in [6, 6.07) is 0.722. The van der Waals surface area contributed by atoms with E-state index in [4.69, 9.17) is 0 Å². The Morgan fingerprint density at radius 1 is 1.50 bits per heavy atom. The number of nitrogens with one attached hydrogen (secondary N) is 1. The smallest absolute Gasteiger partial charge is 0.0219 e. The zero-order valence-electron chi connectivity index (χ0n) is 8.75. The van der Waals surface area contributed by atoms with Gasteiger partial charge >= 0.3 is 0 Å². The van der Waals surface area contributed by atoms with Crippen molar-refractivity contribution in [3.05, 3.63) is 21.9 Å². The Morgan fingerprint density at radius 2 is 2.36 bits per heavy atom. The fourth-order valence-electron chi connectivity index (χ4n) is 1.81. The fourth-order valence-corrected chi connectivity index (χ4v) is 3.89. The van der Waals surface area contributed by atoms with Crippen LogP contribution in [0.25, 0.3) is 0 Å². The molecule has 1 nitrogen and oxygen atoms in total. The van der Waals surface area contributed by atoms with E-state index in [2.05, 4.69) is 41.7 Å². The maximum Gasteiger partial charge on any atom is 0.0219 e. The van der Waals surface area contributed by atoms with Crippen molar-refractivity contribution in [2.75, 3.05) is 5.75 Å². The summed E-state index contributed by atoms with van der Waals surface area (Å²) in [6.07, 6.45) is 1.33. The van der Waals surface area contributed by atoms with Crippen LogP contribution in [-0.2, 0) is 6.54 Å². The van der Waals surface area contributed by atoms with E-state index in [9.17, 15) is 0 Å². The molecule has 1 aromatic heterocycles. The summed E-state index contributed by atoms with van der Waals surface area (Å²) < 4.78 is 0. The first-order chi connectivity index (χ1) is 6.77. The minimum Gasteiger partial charge on any atom is -0.309 e. The van der Waals surface area contributed by atoms with Gasteiger partial charge in [-0.05, 0) is 41.0 Å². The highest BCUT2D eigenvalue weighted by Crippen LogP contribution is 2.26. The summed E-state index contributed by atoms with van der Waals surface area (Å²) >= 11 is 3.89. The van der Waals surface area contributed by atoms with E-state index in [0.29, 0.717) is 0 Å². The molecule has 1 aliphatic heterocycles. The molecular formula is C11H17NS2. The van der Waals surface area contributed by atoms with Gasteiger partial charge < -0.3 is 5.32 Å². The lowest BCUT2D eigenvalue weighted by Crippen LogP contribution is -2.32. The van der Waals surface area contributed by atoms with E-state index in [0.717, 1.165) is 17.8 Å². The van der Waals surface area contributed by atoms with Crippen LogP contribution in [0, 0.1) is 6.92 Å². The summed E-state index contributed by atoms with van der Waals surface area (Å²) in [5, 5.41) is 8.93. The monoisotopic (exact) mass is 227 g/mol. The minimum absolute atomic E-state index is 0.722. The van der Waals surface area contributed by atoms with Gasteiger partial charge in [0.1, 0.15) is 0 Å². The van der Waals surface area contributed by atoms with Crippen molar-refractivity contribution >= 4 is 23.1 Å². The first kappa shape index (κ1) is 10.5. The maximum absolute atomic E-state index is 3.66. The highest BCUT2D eigenvalue weighted by Gasteiger charge is 2.23. The number of aryl methyl sites for hydroxylation is 1. The third-order valence-electron chi connectivity index (χ3n) is 2.89. The van der Waals surface area contributed by atoms with Crippen LogP contribution in [0.3, 0.4) is 0 Å². The van der Waals surface area contributed by atoms with Crippen molar-refractivity contribution < 1.29 is 0 Å². The van der Waals surface area contributed by atoms with Gasteiger partial charge in [-0.15, -0.1) is 0 Å². The van der Waals surface area contributed by atoms with Crippen LogP contribution < -0.4 is 5.32 Å². The predicted octanol–water partition coefficient (Wildman–Crippen LogP) is 3.04. The molecule has 0 saturated carbocycles. The molecular weight excluding hydrogens is 210 g/mol. The van der Waals surface area contributed by atoms with Gasteiger partial charge in [-0.1, -0.05) is 6.92 Å². The maximum atomic E-state index is 3.66. The molecule has 0 radical (unpaired) electrons. The van der Waals surface area contributed by atoms with E-state index in [1.807, 2.05) is 0 Å². The van der Waals surface area contributed by atoms with Crippen LogP contribution in [0.5, 0.6) is 0 Å². The summed E-state index contributed by atoms with van der Waals surface area (Å²) in [5.74, 6) is 1.32. The Bertz CT molecular complexity index is 295. The molecule has 1 fully saturated rings. The summed E-state index contributed by atoms with van der Waals surface area (Å²) in [6.45, 7) is 5.57. The van der Waals surface area contributed by atoms with Crippen molar-refractivity contribution in [1.82, 2.24) is 5.32 Å². The highest BCUT2D eigenvalue weighted by molar-refractivity contribution is 8.00. The third kappa shape index (κ3) is 2.33. The molecule has 0 amide bonds. The molecule has 78 valence electrons. The predicted molar refractivity (Wildman–Crippen MR) is 66.2 cm³/mol. The van der Waals surface area contributed by atoms with E-state index in [1.165, 1.54) is 23.3 Å². The largest absolute Gasteiger partial charge is 0.309 e. The SMILES string of the molecule is Cc1cscc1CNC1CCSC1C. The molecule has 2 rings (SSSR count). The van der Waals surface area contributed by atoms with Crippen molar-refractivity contribution in [3.63, 3.8) is 0 Å². The molecule has 0 aliphatic carbocycles. The van der Waals surface area contributed by atoms with Gasteiger partial charge in [0.15, 0.2) is 0 Å². The average Bonchev–Trinajstić information content (AvgIpc) is 2.72. The second-order valence-electron chi connectivity index (χ2n) is 3.93. The highest BCUT2D eigenvalue weighted by atomic mass is 32.2. The Labute approximate surface area is 94.3 Å². The lowest BCUT2D eigenvalue weighted by molar-refractivity contribution is 0.512. The number of hydrogen-bond donors (Lipinski definition) is 1. The van der Waals surface area contributed by atoms with E-state index in [1.54, 1.807) is 11.3 Å². The first-order valence-electron chi connectivity index (χ1n) is 5.14. The molecule has 0 bridgehead atoms. The average molecular weight is 227 g/mol. The first-order valence-corrected chi connectivity index (χ1v) is 7.13. The molecule has 1 N–H and O–H groups in total. The van der Waals surface area contributed by atoms with Gasteiger partial charge in [-0.2, -0.15) is 23.1 Å². The molecule has 0 spiro atoms. The summed E-state index contributed by atoms with van der Waals surface area (Å²) in [4.78, 5) is 0. The van der Waals surface area contributed by atoms with Gasteiger partial charge in [0, 0.05) is 17.8 Å². The molecule has 0 aromatic carbocycles. The van der Waals surface area contributed by atoms with Crippen LogP contribution in [0.15, 0.2) is 10.8 Å². The van der Waals surface area contributed by atoms with Crippen LogP contribution in [0.2, 0.25) is 0 Å². The Hall–Kier alpha value is 0.01000. The number of hydrogen-bond acceptors (Lipinski definition) is 3. The van der Waals surface area contributed by atoms with Gasteiger partial charge in [0.2, 0.25) is 0 Å². The Balaban J connectivity index is 1.85. The zero-order valence-corrected chi connectivity index (χ0v) is 10.4. The molecule has 1 aliphatic rings. The van der Waals surface area contributed by atoms with Crippen LogP contribution in [0.4, 0.5) is 0 Å². The quantitative estimate of drug-likeness (QED) is 0.852. The van der Waals surface area contributed by atoms with Gasteiger partial charge in [-0.3, -0.25) is 0 Å². The van der Waals surface area contributed by atoms with E-state index in [-0.39, 0.29) is 0 Å². The molecule has 2 heterocycles. The molecule has 2 unspecified atom stereocenters. The molecule has 1 aromatic rings. The molecule has 1 saturated heterocycles. The number of rotatable bonds is 3. The second kappa shape index (κ2) is 4.69. The standard InChI is InChI=1S/C11H17NS2/c1-8-6-13-7-10(8)5-12-11-3-4-14-9(11)2/h6-7,9,11-12H,3-5H2,1-2H3. The normalized spacial score (nSPS) is 27.0. The zero-order chi connectivity index (χ0) is 9.97. The van der Waals surface area contributed by atoms with E-state index >= 15 is 0 Å². The number of thiophene rings is 1. The summed E-state index contributed by atoms with van der Waals surface area (Å²) in [7, 11) is 0. The van der Waals surface area contributed by atoms with Gasteiger partial charge in [-0.25, -0.2) is 0 Å². The van der Waals surface area contributed by atoms with Crippen LogP contribution >= 0.6 is 23.1 Å². The fraction of sp³-hybridized carbons (Fsp3) is 0.636. The Morgan fingerprint density at radius 3 is 2.93 bits per heavy atom. The van der Waals surface area contributed by atoms with Gasteiger partial charge in [0.05, 0.1) is 0 Å².